The summed E-state index contributed by atoms with van der Waals surface area (Å²) in [6.07, 6.45) is 2.84. The van der Waals surface area contributed by atoms with E-state index in [0.29, 0.717) is 25.2 Å². The van der Waals surface area contributed by atoms with Crippen molar-refractivity contribution in [1.82, 2.24) is 9.80 Å². The lowest BCUT2D eigenvalue weighted by Gasteiger charge is -2.38. The number of carbonyl (C=O) groups is 2. The highest BCUT2D eigenvalue weighted by Crippen LogP contribution is 2.47. The van der Waals surface area contributed by atoms with Crippen molar-refractivity contribution in [3.8, 4) is 5.75 Å². The molecule has 0 aromatic heterocycles. The number of hydrogen-bond acceptors (Lipinski definition) is 6. The quantitative estimate of drug-likeness (QED) is 0.694. The molecule has 1 aromatic rings. The number of anilines is 1. The number of carbonyl (C=O) groups excluding carboxylic acids is 2. The van der Waals surface area contributed by atoms with Gasteiger partial charge in [0.1, 0.15) is 18.0 Å². The zero-order chi connectivity index (χ0) is 22.2. The summed E-state index contributed by atoms with van der Waals surface area (Å²) >= 11 is 0. The second kappa shape index (κ2) is 9.00. The first-order chi connectivity index (χ1) is 15.5. The second-order valence-electron chi connectivity index (χ2n) is 9.74. The van der Waals surface area contributed by atoms with E-state index in [4.69, 9.17) is 9.47 Å². The van der Waals surface area contributed by atoms with E-state index in [-0.39, 0.29) is 36.5 Å². The lowest BCUT2D eigenvalue weighted by atomic mass is 9.84. The average Bonchev–Trinajstić information content (AvgIpc) is 3.52. The summed E-state index contributed by atoms with van der Waals surface area (Å²) in [6.45, 7) is 3.11. The van der Waals surface area contributed by atoms with Gasteiger partial charge in [0, 0.05) is 49.8 Å². The summed E-state index contributed by atoms with van der Waals surface area (Å²) in [5.74, 6) is 1.50. The first-order valence-electron chi connectivity index (χ1n) is 11.8. The van der Waals surface area contributed by atoms with E-state index in [9.17, 15) is 14.7 Å². The number of hydrogen-bond donors (Lipinski definition) is 2. The molecule has 3 aliphatic heterocycles. The summed E-state index contributed by atoms with van der Waals surface area (Å²) < 4.78 is 12.2. The molecule has 4 atom stereocenters. The van der Waals surface area contributed by atoms with Gasteiger partial charge < -0.3 is 29.7 Å². The molecule has 8 nitrogen and oxygen atoms in total. The van der Waals surface area contributed by atoms with Crippen LogP contribution in [0.15, 0.2) is 18.2 Å². The number of aliphatic hydroxyl groups is 1. The number of piperazine rings is 1. The molecule has 4 aliphatic rings. The zero-order valence-electron chi connectivity index (χ0n) is 18.7. The normalized spacial score (nSPS) is 29.8. The predicted octanol–water partition coefficient (Wildman–Crippen LogP) is 1.58. The Morgan fingerprint density at radius 2 is 1.94 bits per heavy atom. The average molecular weight is 444 g/mol. The third kappa shape index (κ3) is 4.63. The molecule has 1 saturated carbocycles. The first kappa shape index (κ1) is 21.7. The topological polar surface area (TPSA) is 91.3 Å². The molecule has 0 bridgehead atoms. The number of nitrogens with zero attached hydrogens (tertiary/aromatic N) is 2. The highest BCUT2D eigenvalue weighted by Gasteiger charge is 2.46. The molecular formula is C24H33N3O5. The maximum Gasteiger partial charge on any atom is 0.225 e. The molecule has 2 N–H and O–H groups in total. The van der Waals surface area contributed by atoms with E-state index < -0.39 is 6.10 Å². The van der Waals surface area contributed by atoms with Gasteiger partial charge in [0.25, 0.3) is 0 Å². The summed E-state index contributed by atoms with van der Waals surface area (Å²) in [6, 6.07) is 5.74. The van der Waals surface area contributed by atoms with Crippen LogP contribution in [0, 0.1) is 5.92 Å². The summed E-state index contributed by atoms with van der Waals surface area (Å²) in [7, 11) is 2.07. The number of rotatable bonds is 6. The summed E-state index contributed by atoms with van der Waals surface area (Å²) in [4.78, 5) is 29.2. The van der Waals surface area contributed by atoms with Gasteiger partial charge in [-0.1, -0.05) is 0 Å². The minimum atomic E-state index is -0.473. The van der Waals surface area contributed by atoms with Gasteiger partial charge in [-0.3, -0.25) is 9.59 Å². The maximum atomic E-state index is 12.9. The molecule has 0 spiro atoms. The molecule has 174 valence electrons. The summed E-state index contributed by atoms with van der Waals surface area (Å²) in [5, 5.41) is 13.0. The number of ether oxygens (including phenoxy) is 2. The zero-order valence-corrected chi connectivity index (χ0v) is 18.7. The van der Waals surface area contributed by atoms with Crippen molar-refractivity contribution in [2.75, 3.05) is 45.2 Å². The van der Waals surface area contributed by atoms with Gasteiger partial charge >= 0.3 is 0 Å². The Kier molecular flexibility index (Phi) is 6.09. The van der Waals surface area contributed by atoms with Crippen LogP contribution in [0.4, 0.5) is 5.69 Å². The smallest absolute Gasteiger partial charge is 0.225 e. The van der Waals surface area contributed by atoms with Crippen LogP contribution < -0.4 is 10.1 Å². The van der Waals surface area contributed by atoms with Gasteiger partial charge in [-0.05, 0) is 50.4 Å². The molecule has 2 saturated heterocycles. The van der Waals surface area contributed by atoms with E-state index >= 15 is 0 Å². The van der Waals surface area contributed by atoms with Gasteiger partial charge in [0.15, 0.2) is 0 Å². The van der Waals surface area contributed by atoms with E-state index in [1.165, 1.54) is 0 Å². The fourth-order valence-electron chi connectivity index (χ4n) is 5.14. The molecule has 1 aliphatic carbocycles. The van der Waals surface area contributed by atoms with Crippen LogP contribution in [0.5, 0.6) is 5.75 Å². The van der Waals surface area contributed by atoms with Crippen molar-refractivity contribution in [3.63, 3.8) is 0 Å². The van der Waals surface area contributed by atoms with E-state index in [1.807, 2.05) is 23.1 Å². The van der Waals surface area contributed by atoms with Crippen LogP contribution in [0.25, 0.3) is 0 Å². The van der Waals surface area contributed by atoms with E-state index in [0.717, 1.165) is 56.0 Å². The number of aliphatic hydroxyl groups excluding tert-OH is 1. The molecule has 8 heteroatoms. The number of amides is 2. The Morgan fingerprint density at radius 3 is 2.66 bits per heavy atom. The van der Waals surface area contributed by atoms with Gasteiger partial charge in [-0.25, -0.2) is 0 Å². The minimum absolute atomic E-state index is 0.0291. The van der Waals surface area contributed by atoms with Crippen LogP contribution in [-0.4, -0.2) is 84.9 Å². The molecule has 0 radical (unpaired) electrons. The van der Waals surface area contributed by atoms with Gasteiger partial charge in [-0.2, -0.15) is 0 Å². The van der Waals surface area contributed by atoms with Crippen molar-refractivity contribution < 1.29 is 24.2 Å². The van der Waals surface area contributed by atoms with Crippen molar-refractivity contribution in [1.29, 1.82) is 0 Å². The van der Waals surface area contributed by atoms with E-state index in [2.05, 4.69) is 17.3 Å². The largest absolute Gasteiger partial charge is 0.487 e. The van der Waals surface area contributed by atoms with E-state index in [1.54, 1.807) is 0 Å². The molecular weight excluding hydrogens is 410 g/mol. The highest BCUT2D eigenvalue weighted by atomic mass is 16.6. The standard InChI is InChI=1S/C24H33N3O5/c1-26-6-8-27(9-7-26)23(30)13-17-12-19-18-11-16(25-22(29)10-15-2-3-15)4-5-20(18)32-24(19)21(14-28)31-17/h4-5,11,15,17,19,21,24,28H,2-3,6-10,12-14H2,1H3,(H,25,29)/t17-,19-,21-,24+/m1/s1. The van der Waals surface area contributed by atoms with Crippen molar-refractivity contribution in [2.45, 2.75) is 56.3 Å². The number of likely N-dealkylation sites (N-methyl/N-ethyl adjacent to an activating group) is 1. The fourth-order valence-corrected chi connectivity index (χ4v) is 5.14. The van der Waals surface area contributed by atoms with Crippen molar-refractivity contribution in [3.05, 3.63) is 23.8 Å². The Labute approximate surface area is 188 Å². The maximum absolute atomic E-state index is 12.9. The first-order valence-corrected chi connectivity index (χ1v) is 11.8. The van der Waals surface area contributed by atoms with Gasteiger partial charge in [-0.15, -0.1) is 0 Å². The molecule has 2 amide bonds. The lowest BCUT2D eigenvalue weighted by molar-refractivity contribution is -0.150. The van der Waals surface area contributed by atoms with Crippen LogP contribution in [-0.2, 0) is 14.3 Å². The Bertz CT molecular complexity index is 865. The van der Waals surface area contributed by atoms with Gasteiger partial charge in [0.2, 0.25) is 11.8 Å². The number of nitrogens with one attached hydrogen (secondary N) is 1. The highest BCUT2D eigenvalue weighted by molar-refractivity contribution is 5.91. The van der Waals surface area contributed by atoms with Crippen molar-refractivity contribution >= 4 is 17.5 Å². The SMILES string of the molecule is CN1CCN(C(=O)C[C@H]2C[C@@H]3c4cc(NC(=O)CC5CC5)ccc4O[C@@H]3[C@@H](CO)O2)CC1. The molecule has 1 aromatic carbocycles. The van der Waals surface area contributed by atoms with Crippen LogP contribution in [0.1, 0.15) is 43.6 Å². The lowest BCUT2D eigenvalue weighted by Crippen LogP contribution is -2.50. The van der Waals surface area contributed by atoms with Crippen LogP contribution >= 0.6 is 0 Å². The minimum Gasteiger partial charge on any atom is -0.487 e. The monoisotopic (exact) mass is 443 g/mol. The fraction of sp³-hybridized carbons (Fsp3) is 0.667. The summed E-state index contributed by atoms with van der Waals surface area (Å²) in [5.41, 5.74) is 1.80. The Balaban J connectivity index is 1.27. The number of fused-ring (bicyclic) bond motifs is 3. The second-order valence-corrected chi connectivity index (χ2v) is 9.74. The van der Waals surface area contributed by atoms with Crippen LogP contribution in [0.2, 0.25) is 0 Å². The molecule has 32 heavy (non-hydrogen) atoms. The molecule has 0 unspecified atom stereocenters. The molecule has 3 fully saturated rings. The number of benzene rings is 1. The Morgan fingerprint density at radius 1 is 1.16 bits per heavy atom. The third-order valence-electron chi connectivity index (χ3n) is 7.21. The van der Waals surface area contributed by atoms with Gasteiger partial charge in [0.05, 0.1) is 19.1 Å². The Hall–Kier alpha value is -2.16. The van der Waals surface area contributed by atoms with Crippen molar-refractivity contribution in [2.24, 2.45) is 5.92 Å². The predicted molar refractivity (Wildman–Crippen MR) is 119 cm³/mol. The molecule has 5 rings (SSSR count). The third-order valence-corrected chi connectivity index (χ3v) is 7.21. The molecule has 3 heterocycles. The van der Waals surface area contributed by atoms with Crippen LogP contribution in [0.3, 0.4) is 0 Å².